The third kappa shape index (κ3) is 1.85. The molecule has 18 heavy (non-hydrogen) atoms. The first-order valence-corrected chi connectivity index (χ1v) is 6.27. The second kappa shape index (κ2) is 4.14. The van der Waals surface area contributed by atoms with E-state index < -0.39 is 17.2 Å². The number of hydrogen-bond acceptors (Lipinski definition) is 1. The van der Waals surface area contributed by atoms with Crippen LogP contribution in [0.1, 0.15) is 11.1 Å². The van der Waals surface area contributed by atoms with Crippen molar-refractivity contribution >= 4 is 15.9 Å². The van der Waals surface area contributed by atoms with Crippen molar-refractivity contribution in [1.82, 2.24) is 0 Å². The summed E-state index contributed by atoms with van der Waals surface area (Å²) in [5.41, 5.74) is 0.501. The number of benzene rings is 2. The van der Waals surface area contributed by atoms with Crippen molar-refractivity contribution in [2.45, 2.75) is 5.60 Å². The average Bonchev–Trinajstić information content (AvgIpc) is 3.11. The lowest BCUT2D eigenvalue weighted by Crippen LogP contribution is -2.13. The Morgan fingerprint density at radius 2 is 1.72 bits per heavy atom. The normalized spacial score (nSPS) is 21.9. The van der Waals surface area contributed by atoms with Gasteiger partial charge in [0.05, 0.1) is 6.61 Å². The lowest BCUT2D eigenvalue weighted by atomic mass is 9.91. The molecule has 0 radical (unpaired) electrons. The minimum atomic E-state index is -0.752. The Hall–Kier alpha value is -1.26. The van der Waals surface area contributed by atoms with Gasteiger partial charge < -0.3 is 4.74 Å². The molecule has 4 heteroatoms. The summed E-state index contributed by atoms with van der Waals surface area (Å²) < 4.78 is 33.1. The number of halogens is 3. The zero-order chi connectivity index (χ0) is 12.8. The Bertz CT molecular complexity index is 591. The van der Waals surface area contributed by atoms with E-state index in [4.69, 9.17) is 4.74 Å². The van der Waals surface area contributed by atoms with Gasteiger partial charge in [0.2, 0.25) is 0 Å². The van der Waals surface area contributed by atoms with Crippen LogP contribution in [0.5, 0.6) is 0 Å². The van der Waals surface area contributed by atoms with Crippen LogP contribution in [0.15, 0.2) is 46.9 Å². The molecule has 1 fully saturated rings. The summed E-state index contributed by atoms with van der Waals surface area (Å²) in [7, 11) is 0. The molecule has 0 unspecified atom stereocenters. The molecule has 0 aromatic heterocycles. The van der Waals surface area contributed by atoms with E-state index in [2.05, 4.69) is 15.9 Å². The van der Waals surface area contributed by atoms with Crippen LogP contribution >= 0.6 is 15.9 Å². The quantitative estimate of drug-likeness (QED) is 0.764. The van der Waals surface area contributed by atoms with Crippen molar-refractivity contribution in [2.24, 2.45) is 0 Å². The highest BCUT2D eigenvalue weighted by molar-refractivity contribution is 9.10. The summed E-state index contributed by atoms with van der Waals surface area (Å²) in [5, 5.41) is 0. The van der Waals surface area contributed by atoms with E-state index in [0.29, 0.717) is 12.2 Å². The molecule has 1 aliphatic heterocycles. The van der Waals surface area contributed by atoms with Gasteiger partial charge in [0.25, 0.3) is 0 Å². The number of ether oxygens (including phenoxy) is 1. The van der Waals surface area contributed by atoms with E-state index in [1.54, 1.807) is 0 Å². The Morgan fingerprint density at radius 3 is 2.28 bits per heavy atom. The molecular formula is C14H9BrF2O. The average molecular weight is 311 g/mol. The highest BCUT2D eigenvalue weighted by atomic mass is 79.9. The van der Waals surface area contributed by atoms with Gasteiger partial charge in [-0.3, -0.25) is 0 Å². The number of epoxide rings is 1. The van der Waals surface area contributed by atoms with Crippen LogP contribution in [-0.2, 0) is 10.3 Å². The van der Waals surface area contributed by atoms with Crippen molar-refractivity contribution in [1.29, 1.82) is 0 Å². The van der Waals surface area contributed by atoms with Crippen molar-refractivity contribution in [3.8, 4) is 0 Å². The van der Waals surface area contributed by atoms with Crippen LogP contribution in [-0.4, -0.2) is 6.61 Å². The predicted molar refractivity (Wildman–Crippen MR) is 67.2 cm³/mol. The Labute approximate surface area is 112 Å². The molecule has 3 rings (SSSR count). The first kappa shape index (κ1) is 11.8. The molecule has 0 bridgehead atoms. The van der Waals surface area contributed by atoms with E-state index >= 15 is 0 Å². The van der Waals surface area contributed by atoms with E-state index in [1.165, 1.54) is 12.1 Å². The summed E-state index contributed by atoms with van der Waals surface area (Å²) in [6.45, 7) is 0.414. The Kier molecular flexibility index (Phi) is 2.72. The minimum absolute atomic E-state index is 0.381. The fraction of sp³-hybridized carbons (Fsp3) is 0.143. The van der Waals surface area contributed by atoms with Gasteiger partial charge >= 0.3 is 0 Å². The lowest BCUT2D eigenvalue weighted by Gasteiger charge is -2.14. The molecule has 0 aliphatic carbocycles. The monoisotopic (exact) mass is 310 g/mol. The molecule has 0 spiro atoms. The van der Waals surface area contributed by atoms with Crippen LogP contribution in [0.25, 0.3) is 0 Å². The van der Waals surface area contributed by atoms with Gasteiger partial charge in [0.1, 0.15) is 17.2 Å². The maximum Gasteiger partial charge on any atom is 0.144 e. The third-order valence-corrected chi connectivity index (χ3v) is 3.64. The molecule has 1 atom stereocenters. The second-order valence-electron chi connectivity index (χ2n) is 4.25. The zero-order valence-corrected chi connectivity index (χ0v) is 10.9. The SMILES string of the molecule is Fc1ccc([C@]2(c3ccc(Br)cc3)CO2)c(F)c1. The summed E-state index contributed by atoms with van der Waals surface area (Å²) >= 11 is 3.35. The molecule has 2 aromatic carbocycles. The molecule has 0 amide bonds. The van der Waals surface area contributed by atoms with E-state index in [1.807, 2.05) is 24.3 Å². The molecule has 0 saturated carbocycles. The van der Waals surface area contributed by atoms with E-state index in [0.717, 1.165) is 16.1 Å². The minimum Gasteiger partial charge on any atom is -0.359 e. The summed E-state index contributed by atoms with van der Waals surface area (Å²) in [4.78, 5) is 0. The van der Waals surface area contributed by atoms with Crippen LogP contribution in [0.4, 0.5) is 8.78 Å². The van der Waals surface area contributed by atoms with Gasteiger partial charge in [-0.1, -0.05) is 28.1 Å². The highest BCUT2D eigenvalue weighted by Crippen LogP contribution is 2.46. The third-order valence-electron chi connectivity index (χ3n) is 3.11. The molecular weight excluding hydrogens is 302 g/mol. The maximum absolute atomic E-state index is 13.8. The first-order chi connectivity index (χ1) is 8.62. The predicted octanol–water partition coefficient (Wildman–Crippen LogP) is 4.00. The summed E-state index contributed by atoms with van der Waals surface area (Å²) in [6.07, 6.45) is 0. The Balaban J connectivity index is 2.07. The molecule has 2 aromatic rings. The second-order valence-corrected chi connectivity index (χ2v) is 5.16. The van der Waals surface area contributed by atoms with E-state index in [-0.39, 0.29) is 0 Å². The standard InChI is InChI=1S/C14H9BrF2O/c15-10-3-1-9(2-4-10)14(8-18-14)12-6-5-11(16)7-13(12)17/h1-7H,8H2/t14-/m1/s1. The topological polar surface area (TPSA) is 12.5 Å². The van der Waals surface area contributed by atoms with E-state index in [9.17, 15) is 8.78 Å². The van der Waals surface area contributed by atoms with Gasteiger partial charge in [0, 0.05) is 16.1 Å². The van der Waals surface area contributed by atoms with Crippen molar-refractivity contribution in [3.05, 3.63) is 69.7 Å². The van der Waals surface area contributed by atoms with Gasteiger partial charge in [-0.25, -0.2) is 8.78 Å². The molecule has 1 nitrogen and oxygen atoms in total. The van der Waals surface area contributed by atoms with Crippen LogP contribution in [0.3, 0.4) is 0 Å². The first-order valence-electron chi connectivity index (χ1n) is 5.47. The lowest BCUT2D eigenvalue weighted by molar-refractivity contribution is 0.340. The van der Waals surface area contributed by atoms with Crippen molar-refractivity contribution in [3.63, 3.8) is 0 Å². The van der Waals surface area contributed by atoms with Gasteiger partial charge in [0.15, 0.2) is 0 Å². The largest absolute Gasteiger partial charge is 0.359 e. The van der Waals surface area contributed by atoms with Crippen molar-refractivity contribution in [2.75, 3.05) is 6.61 Å². The Morgan fingerprint density at radius 1 is 1.06 bits per heavy atom. The molecule has 1 heterocycles. The smallest absolute Gasteiger partial charge is 0.144 e. The summed E-state index contributed by atoms with van der Waals surface area (Å²) in [5.74, 6) is -1.15. The molecule has 1 saturated heterocycles. The van der Waals surface area contributed by atoms with Gasteiger partial charge in [-0.2, -0.15) is 0 Å². The zero-order valence-electron chi connectivity index (χ0n) is 9.29. The van der Waals surface area contributed by atoms with Crippen LogP contribution in [0, 0.1) is 11.6 Å². The van der Waals surface area contributed by atoms with Crippen molar-refractivity contribution < 1.29 is 13.5 Å². The van der Waals surface area contributed by atoms with Crippen LogP contribution in [0.2, 0.25) is 0 Å². The summed E-state index contributed by atoms with van der Waals surface area (Å²) in [6, 6.07) is 11.1. The van der Waals surface area contributed by atoms with Gasteiger partial charge in [-0.15, -0.1) is 0 Å². The molecule has 0 N–H and O–H groups in total. The highest BCUT2D eigenvalue weighted by Gasteiger charge is 2.49. The fourth-order valence-electron chi connectivity index (χ4n) is 2.09. The number of rotatable bonds is 2. The molecule has 1 aliphatic rings. The van der Waals surface area contributed by atoms with Gasteiger partial charge in [-0.05, 0) is 29.8 Å². The maximum atomic E-state index is 13.8. The molecule has 92 valence electrons. The number of hydrogen-bond donors (Lipinski definition) is 0. The fourth-order valence-corrected chi connectivity index (χ4v) is 2.35. The van der Waals surface area contributed by atoms with Crippen LogP contribution < -0.4 is 0 Å².